The Hall–Kier alpha value is -2.67. The van der Waals surface area contributed by atoms with Crippen LogP contribution in [0.5, 0.6) is 0 Å². The summed E-state index contributed by atoms with van der Waals surface area (Å²) >= 11 is 0. The first-order valence-corrected chi connectivity index (χ1v) is 6.62. The summed E-state index contributed by atoms with van der Waals surface area (Å²) in [6.45, 7) is -0.336. The van der Waals surface area contributed by atoms with E-state index >= 15 is 0 Å². The van der Waals surface area contributed by atoms with Crippen molar-refractivity contribution < 1.29 is 24.6 Å². The molecule has 4 N–H and O–H groups in total. The summed E-state index contributed by atoms with van der Waals surface area (Å²) in [7, 11) is 0. The molecule has 2 atom stereocenters. The van der Waals surface area contributed by atoms with Crippen LogP contribution in [0, 0.1) is 0 Å². The molecule has 1 amide bonds. The first kappa shape index (κ1) is 15.7. The van der Waals surface area contributed by atoms with Gasteiger partial charge in [-0.15, -0.1) is 0 Å². The Morgan fingerprint density at radius 3 is 2.41 bits per heavy atom. The molecule has 1 aliphatic rings. The molecule has 1 saturated heterocycles. The second kappa shape index (κ2) is 5.98. The fourth-order valence-electron chi connectivity index (χ4n) is 2.37. The average Bonchev–Trinajstić information content (AvgIpc) is 2.86. The lowest BCUT2D eigenvalue weighted by molar-refractivity contribution is -0.146. The summed E-state index contributed by atoms with van der Waals surface area (Å²) in [5, 5.41) is 18.3. The van der Waals surface area contributed by atoms with Crippen LogP contribution in [-0.4, -0.2) is 51.1 Å². The molecular weight excluding hydrogens is 288 g/mol. The molecular formula is C15H16N2O5. The van der Waals surface area contributed by atoms with Crippen molar-refractivity contribution in [1.29, 1.82) is 0 Å². The summed E-state index contributed by atoms with van der Waals surface area (Å²) in [5.41, 5.74) is 4.72. The molecule has 2 unspecified atom stereocenters. The molecule has 1 aromatic carbocycles. The maximum Gasteiger partial charge on any atom is 0.326 e. The van der Waals surface area contributed by atoms with E-state index in [4.69, 9.17) is 15.9 Å². The van der Waals surface area contributed by atoms with E-state index in [-0.39, 0.29) is 13.0 Å². The molecule has 0 spiro atoms. The van der Waals surface area contributed by atoms with Gasteiger partial charge in [0, 0.05) is 12.5 Å². The number of hydrogen-bond acceptors (Lipinski definition) is 4. The molecule has 1 aliphatic heterocycles. The number of benzene rings is 1. The zero-order chi connectivity index (χ0) is 16.3. The third kappa shape index (κ3) is 3.15. The number of hydrogen-bond donors (Lipinski definition) is 3. The Bertz CT molecular complexity index is 628. The molecule has 0 aliphatic carbocycles. The van der Waals surface area contributed by atoms with Gasteiger partial charge < -0.3 is 20.8 Å². The third-order valence-corrected chi connectivity index (χ3v) is 3.60. The van der Waals surface area contributed by atoms with Crippen molar-refractivity contribution in [1.82, 2.24) is 4.90 Å². The summed E-state index contributed by atoms with van der Waals surface area (Å²) in [6, 6.07) is 7.76. The van der Waals surface area contributed by atoms with Crippen LogP contribution in [0.2, 0.25) is 0 Å². The Labute approximate surface area is 126 Å². The number of carboxylic acid groups (broad SMARTS) is 2. The molecule has 0 saturated carbocycles. The van der Waals surface area contributed by atoms with Gasteiger partial charge in [0.15, 0.2) is 0 Å². The van der Waals surface area contributed by atoms with Gasteiger partial charge in [-0.05, 0) is 11.6 Å². The Kier molecular flexibility index (Phi) is 4.27. The van der Waals surface area contributed by atoms with Crippen molar-refractivity contribution in [2.75, 3.05) is 6.54 Å². The van der Waals surface area contributed by atoms with Crippen LogP contribution >= 0.6 is 0 Å². The predicted octanol–water partition coefficient (Wildman–Crippen LogP) is 0.167. The second-order valence-corrected chi connectivity index (χ2v) is 5.23. The number of aliphatic carboxylic acids is 2. The predicted molar refractivity (Wildman–Crippen MR) is 77.8 cm³/mol. The molecule has 0 radical (unpaired) electrons. The minimum Gasteiger partial charge on any atom is -0.480 e. The zero-order valence-electron chi connectivity index (χ0n) is 11.7. The van der Waals surface area contributed by atoms with Gasteiger partial charge in [-0.2, -0.15) is 0 Å². The van der Waals surface area contributed by atoms with Gasteiger partial charge in [-0.25, -0.2) is 4.79 Å². The van der Waals surface area contributed by atoms with Crippen LogP contribution in [0.1, 0.15) is 12.0 Å². The van der Waals surface area contributed by atoms with E-state index in [1.807, 2.05) is 6.07 Å². The van der Waals surface area contributed by atoms with E-state index in [1.54, 1.807) is 30.3 Å². The van der Waals surface area contributed by atoms with E-state index in [9.17, 15) is 14.4 Å². The lowest BCUT2D eigenvalue weighted by atomic mass is 9.98. The van der Waals surface area contributed by atoms with E-state index in [1.165, 1.54) is 6.08 Å². The second-order valence-electron chi connectivity index (χ2n) is 5.23. The van der Waals surface area contributed by atoms with Crippen molar-refractivity contribution in [3.8, 4) is 0 Å². The Morgan fingerprint density at radius 1 is 1.23 bits per heavy atom. The standard InChI is InChI=1S/C15H16N2O5/c16-15(14(21)22)8-11(13(19)20)17(9-15)12(18)7-6-10-4-2-1-3-5-10/h1-7,11H,8-9,16H2,(H,19,20)(H,21,22)/b7-6+. The number of amides is 1. The topological polar surface area (TPSA) is 121 Å². The van der Waals surface area contributed by atoms with Gasteiger partial charge >= 0.3 is 11.9 Å². The van der Waals surface area contributed by atoms with Gasteiger partial charge in [0.05, 0.1) is 6.54 Å². The minimum atomic E-state index is -1.74. The van der Waals surface area contributed by atoms with Crippen LogP contribution in [0.25, 0.3) is 6.08 Å². The van der Waals surface area contributed by atoms with Gasteiger partial charge in [0.1, 0.15) is 11.6 Å². The first-order chi connectivity index (χ1) is 10.3. The first-order valence-electron chi connectivity index (χ1n) is 6.62. The van der Waals surface area contributed by atoms with Crippen LogP contribution in [0.4, 0.5) is 0 Å². The molecule has 7 nitrogen and oxygen atoms in total. The highest BCUT2D eigenvalue weighted by atomic mass is 16.4. The van der Waals surface area contributed by atoms with Gasteiger partial charge in [0.25, 0.3) is 0 Å². The summed E-state index contributed by atoms with van der Waals surface area (Å²) < 4.78 is 0. The largest absolute Gasteiger partial charge is 0.480 e. The quantitative estimate of drug-likeness (QED) is 0.682. The van der Waals surface area contributed by atoms with Crippen LogP contribution in [0.15, 0.2) is 36.4 Å². The van der Waals surface area contributed by atoms with Crippen LogP contribution < -0.4 is 5.73 Å². The van der Waals surface area contributed by atoms with E-state index in [2.05, 4.69) is 0 Å². The van der Waals surface area contributed by atoms with Crippen molar-refractivity contribution in [2.45, 2.75) is 18.0 Å². The van der Waals surface area contributed by atoms with Crippen LogP contribution in [0.3, 0.4) is 0 Å². The number of nitrogens with two attached hydrogens (primary N) is 1. The number of rotatable bonds is 4. The molecule has 22 heavy (non-hydrogen) atoms. The Balaban J connectivity index is 2.18. The van der Waals surface area contributed by atoms with E-state index in [0.717, 1.165) is 10.5 Å². The van der Waals surface area contributed by atoms with E-state index in [0.29, 0.717) is 0 Å². The number of likely N-dealkylation sites (tertiary alicyclic amines) is 1. The van der Waals surface area contributed by atoms with Gasteiger partial charge in [0.2, 0.25) is 5.91 Å². The summed E-state index contributed by atoms with van der Waals surface area (Å²) in [6.07, 6.45) is 2.44. The molecule has 116 valence electrons. The van der Waals surface area contributed by atoms with Crippen LogP contribution in [-0.2, 0) is 14.4 Å². The number of carbonyl (C=O) groups is 3. The van der Waals surface area contributed by atoms with Crippen molar-refractivity contribution >= 4 is 23.9 Å². The maximum absolute atomic E-state index is 12.2. The van der Waals surface area contributed by atoms with Gasteiger partial charge in [-0.3, -0.25) is 9.59 Å². The Morgan fingerprint density at radius 2 is 1.86 bits per heavy atom. The molecule has 0 bridgehead atoms. The number of carboxylic acids is 2. The summed E-state index contributed by atoms with van der Waals surface area (Å²) in [4.78, 5) is 35.6. The molecule has 1 fully saturated rings. The molecule has 7 heteroatoms. The number of carbonyl (C=O) groups excluding carboxylic acids is 1. The molecule has 1 heterocycles. The van der Waals surface area contributed by atoms with E-state index < -0.39 is 29.4 Å². The molecule has 2 rings (SSSR count). The normalized spacial score (nSPS) is 24.6. The SMILES string of the molecule is NC1(C(=O)O)CC(C(=O)O)N(C(=O)/C=C/c2ccccc2)C1. The molecule has 0 aromatic heterocycles. The fourth-order valence-corrected chi connectivity index (χ4v) is 2.37. The maximum atomic E-state index is 12.2. The van der Waals surface area contributed by atoms with Crippen molar-refractivity contribution in [2.24, 2.45) is 5.73 Å². The third-order valence-electron chi connectivity index (χ3n) is 3.60. The smallest absolute Gasteiger partial charge is 0.326 e. The van der Waals surface area contributed by atoms with Crippen molar-refractivity contribution in [3.05, 3.63) is 42.0 Å². The highest BCUT2D eigenvalue weighted by molar-refractivity contribution is 5.96. The molecule has 1 aromatic rings. The number of nitrogens with zero attached hydrogens (tertiary/aromatic N) is 1. The lowest BCUT2D eigenvalue weighted by Crippen LogP contribution is -2.50. The van der Waals surface area contributed by atoms with Crippen molar-refractivity contribution in [3.63, 3.8) is 0 Å². The van der Waals surface area contributed by atoms with Gasteiger partial charge in [-0.1, -0.05) is 30.3 Å². The highest BCUT2D eigenvalue weighted by Gasteiger charge is 2.50. The zero-order valence-corrected chi connectivity index (χ0v) is 11.7. The minimum absolute atomic E-state index is 0.317. The highest BCUT2D eigenvalue weighted by Crippen LogP contribution is 2.26. The average molecular weight is 304 g/mol. The lowest BCUT2D eigenvalue weighted by Gasteiger charge is -2.20. The monoisotopic (exact) mass is 304 g/mol. The summed E-state index contributed by atoms with van der Waals surface area (Å²) in [5.74, 6) is -3.17. The fraction of sp³-hybridized carbons (Fsp3) is 0.267.